The van der Waals surface area contributed by atoms with Crippen molar-refractivity contribution in [2.75, 3.05) is 13.2 Å². The highest BCUT2D eigenvalue weighted by molar-refractivity contribution is 5.75. The minimum absolute atomic E-state index is 0.0918. The Morgan fingerprint density at radius 1 is 0.933 bits per heavy atom. The molecular weight excluding hydrogens is 374 g/mol. The molecule has 0 saturated heterocycles. The fourth-order valence-electron chi connectivity index (χ4n) is 2.42. The lowest BCUT2D eigenvalue weighted by molar-refractivity contribution is -0.160. The molecule has 0 bridgehead atoms. The van der Waals surface area contributed by atoms with E-state index in [-0.39, 0.29) is 18.1 Å². The van der Waals surface area contributed by atoms with Crippen molar-refractivity contribution in [3.8, 4) is 17.6 Å². The lowest BCUT2D eigenvalue weighted by Crippen LogP contribution is -2.45. The van der Waals surface area contributed by atoms with Gasteiger partial charge in [0.1, 0.15) is 18.5 Å². The number of hydrogen-bond donors (Lipinski definition) is 1. The Kier molecular flexibility index (Phi) is 8.08. The van der Waals surface area contributed by atoms with Crippen molar-refractivity contribution in [1.82, 2.24) is 5.32 Å². The van der Waals surface area contributed by atoms with Gasteiger partial charge >= 0.3 is 5.97 Å². The van der Waals surface area contributed by atoms with Crippen LogP contribution in [0, 0.1) is 17.3 Å². The molecule has 4 nitrogen and oxygen atoms in total. The molecule has 30 heavy (non-hydrogen) atoms. The normalized spacial score (nSPS) is 12.5. The lowest BCUT2D eigenvalue weighted by atomic mass is 9.97. The van der Waals surface area contributed by atoms with Crippen LogP contribution in [0.25, 0.3) is 0 Å². The number of benzene rings is 2. The Morgan fingerprint density at radius 3 is 2.20 bits per heavy atom. The first-order valence-electron chi connectivity index (χ1n) is 10.3. The summed E-state index contributed by atoms with van der Waals surface area (Å²) in [7, 11) is 0. The van der Waals surface area contributed by atoms with Gasteiger partial charge in [0.05, 0.1) is 11.0 Å². The fourth-order valence-corrected chi connectivity index (χ4v) is 2.42. The number of esters is 1. The predicted octanol–water partition coefficient (Wildman–Crippen LogP) is 4.81. The highest BCUT2D eigenvalue weighted by Crippen LogP contribution is 2.20. The van der Waals surface area contributed by atoms with Crippen molar-refractivity contribution in [1.29, 1.82) is 0 Å². The van der Waals surface area contributed by atoms with Crippen LogP contribution in [0.1, 0.15) is 52.7 Å². The van der Waals surface area contributed by atoms with E-state index in [0.717, 1.165) is 11.1 Å². The Bertz CT molecular complexity index is 880. The van der Waals surface area contributed by atoms with Crippen LogP contribution in [0.5, 0.6) is 5.75 Å². The number of para-hydroxylation sites is 1. The minimum Gasteiger partial charge on any atom is -0.488 e. The van der Waals surface area contributed by atoms with E-state index >= 15 is 0 Å². The average Bonchev–Trinajstić information content (AvgIpc) is 2.68. The van der Waals surface area contributed by atoms with Crippen LogP contribution in [0.4, 0.5) is 0 Å². The summed E-state index contributed by atoms with van der Waals surface area (Å²) in [5.41, 5.74) is 1.08. The summed E-state index contributed by atoms with van der Waals surface area (Å²) in [5, 5.41) is 3.39. The van der Waals surface area contributed by atoms with Crippen LogP contribution in [0.15, 0.2) is 54.6 Å². The van der Waals surface area contributed by atoms with Crippen LogP contribution in [-0.2, 0) is 9.53 Å². The van der Waals surface area contributed by atoms with E-state index in [1.165, 1.54) is 0 Å². The number of carbonyl (C=O) groups excluding carboxylic acids is 1. The van der Waals surface area contributed by atoms with Crippen LogP contribution >= 0.6 is 0 Å². The second-order valence-corrected chi connectivity index (χ2v) is 9.33. The molecule has 0 aliphatic heterocycles. The topological polar surface area (TPSA) is 47.6 Å². The van der Waals surface area contributed by atoms with Gasteiger partial charge in [-0.05, 0) is 65.8 Å². The first-order chi connectivity index (χ1) is 14.0. The Balaban J connectivity index is 2.12. The summed E-state index contributed by atoms with van der Waals surface area (Å²) in [6.45, 7) is 12.5. The standard InChI is InChI=1S/C26H33NO3/c1-25(2,3)24(28)30-22(18-27-26(4,5)6)19-29-23-15-11-10-14-21(23)17-16-20-12-8-7-9-13-20/h7-15,22,27H,18-19H2,1-6H3. The van der Waals surface area contributed by atoms with Crippen molar-refractivity contribution in [3.05, 3.63) is 65.7 Å². The maximum Gasteiger partial charge on any atom is 0.311 e. The molecule has 0 fully saturated rings. The zero-order valence-electron chi connectivity index (χ0n) is 18.9. The third-order valence-corrected chi connectivity index (χ3v) is 4.17. The van der Waals surface area contributed by atoms with Crippen molar-refractivity contribution in [3.63, 3.8) is 0 Å². The quantitative estimate of drug-likeness (QED) is 0.551. The molecule has 1 N–H and O–H groups in total. The van der Waals surface area contributed by atoms with E-state index in [2.05, 4.69) is 37.9 Å². The van der Waals surface area contributed by atoms with Gasteiger partial charge in [-0.15, -0.1) is 0 Å². The number of hydrogen-bond acceptors (Lipinski definition) is 4. The highest BCUT2D eigenvalue weighted by atomic mass is 16.6. The molecule has 0 aromatic heterocycles. The monoisotopic (exact) mass is 407 g/mol. The van der Waals surface area contributed by atoms with E-state index in [4.69, 9.17) is 9.47 Å². The van der Waals surface area contributed by atoms with E-state index < -0.39 is 11.5 Å². The van der Waals surface area contributed by atoms with Crippen LogP contribution in [0.3, 0.4) is 0 Å². The molecule has 2 aromatic carbocycles. The van der Waals surface area contributed by atoms with Gasteiger partial charge < -0.3 is 14.8 Å². The average molecular weight is 408 g/mol. The molecule has 0 amide bonds. The van der Waals surface area contributed by atoms with Gasteiger partial charge in [0.15, 0.2) is 0 Å². The minimum atomic E-state index is -0.570. The Labute approximate surface area is 181 Å². The summed E-state index contributed by atoms with van der Waals surface area (Å²) >= 11 is 0. The zero-order chi connectivity index (χ0) is 22.2. The third kappa shape index (κ3) is 8.31. The van der Waals surface area contributed by atoms with E-state index in [9.17, 15) is 4.79 Å². The van der Waals surface area contributed by atoms with Crippen LogP contribution < -0.4 is 10.1 Å². The fraction of sp³-hybridized carbons (Fsp3) is 0.423. The lowest BCUT2D eigenvalue weighted by Gasteiger charge is -2.27. The summed E-state index contributed by atoms with van der Waals surface area (Å²) in [6.07, 6.45) is -0.411. The molecule has 0 saturated carbocycles. The van der Waals surface area contributed by atoms with Gasteiger partial charge in [0, 0.05) is 17.6 Å². The van der Waals surface area contributed by atoms with Crippen LogP contribution in [0.2, 0.25) is 0 Å². The second kappa shape index (κ2) is 10.3. The van der Waals surface area contributed by atoms with Crippen molar-refractivity contribution < 1.29 is 14.3 Å². The number of rotatable bonds is 6. The largest absolute Gasteiger partial charge is 0.488 e. The van der Waals surface area contributed by atoms with Crippen molar-refractivity contribution >= 4 is 5.97 Å². The number of nitrogens with one attached hydrogen (secondary N) is 1. The van der Waals surface area contributed by atoms with Gasteiger partial charge in [0.2, 0.25) is 0 Å². The highest BCUT2D eigenvalue weighted by Gasteiger charge is 2.27. The molecule has 160 valence electrons. The predicted molar refractivity (Wildman–Crippen MR) is 121 cm³/mol. The van der Waals surface area contributed by atoms with E-state index in [1.54, 1.807) is 0 Å². The first kappa shape index (κ1) is 23.5. The first-order valence-corrected chi connectivity index (χ1v) is 10.3. The van der Waals surface area contributed by atoms with Gasteiger partial charge in [-0.3, -0.25) is 4.79 Å². The molecule has 0 aliphatic carbocycles. The Morgan fingerprint density at radius 2 is 1.57 bits per heavy atom. The SMILES string of the molecule is CC(C)(C)NCC(COc1ccccc1C#Cc1ccccc1)OC(=O)C(C)(C)C. The molecule has 0 radical (unpaired) electrons. The molecular formula is C26H33NO3. The number of ether oxygens (including phenoxy) is 2. The van der Waals surface area contributed by atoms with E-state index in [1.807, 2.05) is 75.4 Å². The molecule has 1 atom stereocenters. The zero-order valence-corrected chi connectivity index (χ0v) is 18.9. The summed E-state index contributed by atoms with van der Waals surface area (Å²) in [4.78, 5) is 12.4. The van der Waals surface area contributed by atoms with Crippen molar-refractivity contribution in [2.45, 2.75) is 53.2 Å². The summed E-state index contributed by atoms with van der Waals surface area (Å²) < 4.78 is 11.8. The van der Waals surface area contributed by atoms with Gasteiger partial charge in [-0.2, -0.15) is 0 Å². The van der Waals surface area contributed by atoms with Gasteiger partial charge in [-0.1, -0.05) is 42.2 Å². The molecule has 0 aliphatic rings. The van der Waals surface area contributed by atoms with Gasteiger partial charge in [-0.25, -0.2) is 0 Å². The number of carbonyl (C=O) groups is 1. The maximum atomic E-state index is 12.4. The third-order valence-electron chi connectivity index (χ3n) is 4.17. The summed E-state index contributed by atoms with van der Waals surface area (Å²) in [6, 6.07) is 17.5. The van der Waals surface area contributed by atoms with Crippen molar-refractivity contribution in [2.24, 2.45) is 5.41 Å². The molecule has 0 heterocycles. The van der Waals surface area contributed by atoms with E-state index in [0.29, 0.717) is 12.3 Å². The Hall–Kier alpha value is -2.77. The van der Waals surface area contributed by atoms with Crippen LogP contribution in [-0.4, -0.2) is 30.8 Å². The molecule has 0 spiro atoms. The molecule has 4 heteroatoms. The second-order valence-electron chi connectivity index (χ2n) is 9.33. The molecule has 2 aromatic rings. The summed E-state index contributed by atoms with van der Waals surface area (Å²) in [5.74, 6) is 6.76. The molecule has 1 unspecified atom stereocenters. The van der Waals surface area contributed by atoms with Gasteiger partial charge in [0.25, 0.3) is 0 Å². The maximum absolute atomic E-state index is 12.4. The smallest absolute Gasteiger partial charge is 0.311 e. The molecule has 2 rings (SSSR count).